The van der Waals surface area contributed by atoms with Crippen molar-refractivity contribution in [3.05, 3.63) is 160 Å². The number of amides is 1. The summed E-state index contributed by atoms with van der Waals surface area (Å²) in [4.78, 5) is 31.8. The third-order valence-corrected chi connectivity index (χ3v) is 7.62. The van der Waals surface area contributed by atoms with Gasteiger partial charge in [0.05, 0.1) is 12.1 Å². The Morgan fingerprint density at radius 3 is 1.93 bits per heavy atom. The number of aryl methyl sites for hydroxylation is 1. The van der Waals surface area contributed by atoms with Crippen molar-refractivity contribution in [3.8, 4) is 23.5 Å². The number of pyridine rings is 1. The van der Waals surface area contributed by atoms with Gasteiger partial charge in [-0.1, -0.05) is 109 Å². The van der Waals surface area contributed by atoms with E-state index >= 15 is 0 Å². The molecule has 0 atom stereocenters. The zero-order valence-corrected chi connectivity index (χ0v) is 23.1. The molecule has 6 aromatic rings. The van der Waals surface area contributed by atoms with Gasteiger partial charge >= 0.3 is 5.69 Å². The average Bonchev–Trinajstić information content (AvgIpc) is 3.31. The Bertz CT molecular complexity index is 1890. The van der Waals surface area contributed by atoms with E-state index in [2.05, 4.69) is 47.6 Å². The minimum Gasteiger partial charge on any atom is -0.341 e. The molecule has 1 amide bonds. The highest BCUT2D eigenvalue weighted by molar-refractivity contribution is 5.95. The number of nitrogens with one attached hydrogen (secondary N) is 1. The predicted molar refractivity (Wildman–Crippen MR) is 166 cm³/mol. The Balaban J connectivity index is 1.62. The van der Waals surface area contributed by atoms with E-state index in [1.54, 1.807) is 34.5 Å². The first-order valence-corrected chi connectivity index (χ1v) is 13.6. The first kappa shape index (κ1) is 26.5. The lowest BCUT2D eigenvalue weighted by atomic mass is 9.76. The van der Waals surface area contributed by atoms with Gasteiger partial charge in [-0.3, -0.25) is 13.9 Å². The highest BCUT2D eigenvalue weighted by atomic mass is 16.2. The number of rotatable bonds is 7. The van der Waals surface area contributed by atoms with Gasteiger partial charge in [-0.25, -0.2) is 9.78 Å². The molecule has 0 saturated heterocycles. The van der Waals surface area contributed by atoms with Crippen LogP contribution in [0.4, 0.5) is 0 Å². The molecule has 2 heterocycles. The molecule has 0 radical (unpaired) electrons. The second kappa shape index (κ2) is 11.1. The minimum absolute atomic E-state index is 0.151. The number of fused-ring (bicyclic) bond motifs is 1. The molecule has 0 aliphatic rings. The van der Waals surface area contributed by atoms with Crippen LogP contribution < -0.4 is 11.0 Å². The van der Waals surface area contributed by atoms with E-state index in [1.807, 2.05) is 72.8 Å². The Labute approximate surface area is 243 Å². The number of hydrogen-bond donors (Lipinski definition) is 1. The minimum atomic E-state index is -0.996. The molecule has 0 unspecified atom stereocenters. The summed E-state index contributed by atoms with van der Waals surface area (Å²) < 4.78 is 3.44. The molecule has 42 heavy (non-hydrogen) atoms. The molecule has 0 aliphatic carbocycles. The van der Waals surface area contributed by atoms with E-state index in [9.17, 15) is 9.59 Å². The van der Waals surface area contributed by atoms with Crippen molar-refractivity contribution >= 4 is 17.1 Å². The first-order valence-electron chi connectivity index (χ1n) is 13.6. The third-order valence-electron chi connectivity index (χ3n) is 7.62. The summed E-state index contributed by atoms with van der Waals surface area (Å²) in [6, 6.07) is 39.4. The highest BCUT2D eigenvalue weighted by Crippen LogP contribution is 2.41. The lowest BCUT2D eigenvalue weighted by Crippen LogP contribution is -2.44. The second-order valence-corrected chi connectivity index (χ2v) is 10.0. The van der Waals surface area contributed by atoms with Gasteiger partial charge in [-0.15, -0.1) is 6.42 Å². The normalized spacial score (nSPS) is 11.2. The summed E-state index contributed by atoms with van der Waals surface area (Å²) >= 11 is 0. The lowest BCUT2D eigenvalue weighted by molar-refractivity contribution is 0.0958. The van der Waals surface area contributed by atoms with E-state index in [0.29, 0.717) is 16.7 Å². The van der Waals surface area contributed by atoms with E-state index in [-0.39, 0.29) is 18.1 Å². The Kier molecular flexibility index (Phi) is 7.00. The van der Waals surface area contributed by atoms with Gasteiger partial charge in [0, 0.05) is 24.4 Å². The van der Waals surface area contributed by atoms with Gasteiger partial charge in [0.25, 0.3) is 5.91 Å². The van der Waals surface area contributed by atoms with Crippen molar-refractivity contribution in [1.82, 2.24) is 19.4 Å². The number of imidazole rings is 1. The maximum absolute atomic E-state index is 14.4. The van der Waals surface area contributed by atoms with Gasteiger partial charge in [-0.2, -0.15) is 0 Å². The molecule has 6 heteroatoms. The molecule has 0 fully saturated rings. The molecule has 204 valence electrons. The Morgan fingerprint density at radius 1 is 0.810 bits per heavy atom. The molecule has 0 spiro atoms. The monoisotopic (exact) mass is 548 g/mol. The Morgan fingerprint density at radius 2 is 1.38 bits per heavy atom. The fourth-order valence-electron chi connectivity index (χ4n) is 5.67. The summed E-state index contributed by atoms with van der Waals surface area (Å²) in [7, 11) is 1.77. The summed E-state index contributed by atoms with van der Waals surface area (Å²) in [6.45, 7) is 0.151. The second-order valence-electron chi connectivity index (χ2n) is 10.0. The van der Waals surface area contributed by atoms with Crippen LogP contribution in [0.15, 0.2) is 132 Å². The number of hydrogen-bond acceptors (Lipinski definition) is 3. The molecular weight excluding hydrogens is 520 g/mol. The molecule has 2 aromatic heterocycles. The van der Waals surface area contributed by atoms with Crippen LogP contribution in [-0.4, -0.2) is 26.6 Å². The molecule has 6 nitrogen and oxygen atoms in total. The Hall–Kier alpha value is -5.67. The summed E-state index contributed by atoms with van der Waals surface area (Å²) in [5, 5.41) is 2.70. The maximum atomic E-state index is 14.4. The SMILES string of the molecule is C#CCNC(=O)c1cccc(-c2cnc3c(c2)n(C)c(=O)n3C(c2ccccc2)(c2ccccc2)c2ccccc2)c1. The van der Waals surface area contributed by atoms with Crippen molar-refractivity contribution in [1.29, 1.82) is 0 Å². The quantitative estimate of drug-likeness (QED) is 0.208. The topological polar surface area (TPSA) is 68.9 Å². The maximum Gasteiger partial charge on any atom is 0.331 e. The summed E-state index contributed by atoms with van der Waals surface area (Å²) in [5.74, 6) is 2.17. The van der Waals surface area contributed by atoms with Crippen LogP contribution in [0.5, 0.6) is 0 Å². The van der Waals surface area contributed by atoms with Crippen molar-refractivity contribution in [2.24, 2.45) is 7.05 Å². The van der Waals surface area contributed by atoms with E-state index in [0.717, 1.165) is 27.8 Å². The highest BCUT2D eigenvalue weighted by Gasteiger charge is 2.41. The number of benzene rings is 4. The van der Waals surface area contributed by atoms with Gasteiger partial charge < -0.3 is 5.32 Å². The van der Waals surface area contributed by atoms with Crippen LogP contribution in [0, 0.1) is 12.3 Å². The van der Waals surface area contributed by atoms with E-state index in [1.165, 1.54) is 0 Å². The van der Waals surface area contributed by atoms with Crippen molar-refractivity contribution < 1.29 is 4.79 Å². The zero-order chi connectivity index (χ0) is 29.1. The smallest absolute Gasteiger partial charge is 0.331 e. The number of terminal acetylenes is 1. The van der Waals surface area contributed by atoms with Crippen LogP contribution in [-0.2, 0) is 12.6 Å². The van der Waals surface area contributed by atoms with Crippen LogP contribution in [0.2, 0.25) is 0 Å². The van der Waals surface area contributed by atoms with Crippen LogP contribution in [0.25, 0.3) is 22.3 Å². The first-order chi connectivity index (χ1) is 20.6. The van der Waals surface area contributed by atoms with Gasteiger partial charge in [0.1, 0.15) is 5.54 Å². The standard InChI is InChI=1S/C36H28N4O2/c1-3-22-37-34(41)27-15-13-14-26(23-27)28-24-32-33(38-25-28)40(35(42)39(32)2)36(29-16-7-4-8-17-29,30-18-9-5-10-19-30)31-20-11-6-12-21-31/h1,4-21,23-25H,22H2,2H3,(H,37,41). The van der Waals surface area contributed by atoms with Gasteiger partial charge in [-0.05, 0) is 40.5 Å². The zero-order valence-electron chi connectivity index (χ0n) is 23.1. The van der Waals surface area contributed by atoms with E-state index < -0.39 is 5.54 Å². The molecule has 0 saturated carbocycles. The summed E-state index contributed by atoms with van der Waals surface area (Å²) in [6.07, 6.45) is 7.05. The molecule has 6 rings (SSSR count). The fraction of sp³-hybridized carbons (Fsp3) is 0.0833. The van der Waals surface area contributed by atoms with Gasteiger partial charge in [0.2, 0.25) is 0 Å². The lowest BCUT2D eigenvalue weighted by Gasteiger charge is -2.36. The van der Waals surface area contributed by atoms with Crippen molar-refractivity contribution in [3.63, 3.8) is 0 Å². The molecular formula is C36H28N4O2. The number of aromatic nitrogens is 3. The van der Waals surface area contributed by atoms with E-state index in [4.69, 9.17) is 11.4 Å². The molecule has 1 N–H and O–H groups in total. The average molecular weight is 549 g/mol. The molecule has 0 aliphatic heterocycles. The van der Waals surface area contributed by atoms with Crippen LogP contribution >= 0.6 is 0 Å². The van der Waals surface area contributed by atoms with Crippen molar-refractivity contribution in [2.45, 2.75) is 5.54 Å². The predicted octanol–water partition coefficient (Wildman–Crippen LogP) is 5.61. The van der Waals surface area contributed by atoms with Gasteiger partial charge in [0.15, 0.2) is 5.65 Å². The number of carbonyl (C=O) groups excluding carboxylic acids is 1. The van der Waals surface area contributed by atoms with Crippen LogP contribution in [0.1, 0.15) is 27.0 Å². The van der Waals surface area contributed by atoms with Crippen molar-refractivity contribution in [2.75, 3.05) is 6.54 Å². The number of carbonyl (C=O) groups is 1. The third kappa shape index (κ3) is 4.38. The largest absolute Gasteiger partial charge is 0.341 e. The molecule has 4 aromatic carbocycles. The molecule has 0 bridgehead atoms. The summed E-state index contributed by atoms with van der Waals surface area (Å²) in [5.41, 5.74) is 4.92. The number of nitrogens with zero attached hydrogens (tertiary/aromatic N) is 3. The fourth-order valence-corrected chi connectivity index (χ4v) is 5.67. The van der Waals surface area contributed by atoms with Crippen LogP contribution in [0.3, 0.4) is 0 Å².